The molecule has 4 heteroatoms. The lowest BCUT2D eigenvalue weighted by molar-refractivity contribution is 0.857. The maximum absolute atomic E-state index is 3.22. The van der Waals surface area contributed by atoms with Gasteiger partial charge in [-0.3, -0.25) is 0 Å². The molecule has 16 heavy (non-hydrogen) atoms. The molecule has 3 fully saturated rings. The molecule has 1 unspecified atom stereocenters. The highest BCUT2D eigenvalue weighted by Gasteiger charge is 1.94. The van der Waals surface area contributed by atoms with Gasteiger partial charge in [-0.1, -0.05) is 0 Å². The highest BCUT2D eigenvalue weighted by Crippen LogP contribution is 1.91. The Hall–Kier alpha value is 0.310. The van der Waals surface area contributed by atoms with Crippen LogP contribution >= 0.6 is 9.90 Å². The Morgan fingerprint density at radius 3 is 0.625 bits per heavy atom. The van der Waals surface area contributed by atoms with Crippen LogP contribution in [0.4, 0.5) is 0 Å². The van der Waals surface area contributed by atoms with Gasteiger partial charge in [0.25, 0.3) is 0 Å². The Morgan fingerprint density at radius 1 is 0.375 bits per heavy atom. The third kappa shape index (κ3) is 10.8. The Balaban J connectivity index is 0.000000205. The van der Waals surface area contributed by atoms with Crippen molar-refractivity contribution in [2.45, 2.75) is 38.5 Å². The summed E-state index contributed by atoms with van der Waals surface area (Å²) in [5.41, 5.74) is 0. The van der Waals surface area contributed by atoms with E-state index < -0.39 is 0 Å². The fourth-order valence-electron chi connectivity index (χ4n) is 1.87. The molecule has 0 aromatic carbocycles. The van der Waals surface area contributed by atoms with E-state index in [2.05, 4.69) is 16.0 Å². The lowest BCUT2D eigenvalue weighted by atomic mass is 10.4. The summed E-state index contributed by atoms with van der Waals surface area (Å²) in [4.78, 5) is 0. The topological polar surface area (TPSA) is 36.1 Å². The molecule has 3 aliphatic heterocycles. The molecule has 0 bridgehead atoms. The second-order valence-electron chi connectivity index (χ2n) is 4.37. The first-order valence-electron chi connectivity index (χ1n) is 6.62. The second kappa shape index (κ2) is 13.4. The lowest BCUT2D eigenvalue weighted by Crippen LogP contribution is -2.03. The normalized spacial score (nSPS) is 22.5. The van der Waals surface area contributed by atoms with Gasteiger partial charge in [0.15, 0.2) is 0 Å². The molecule has 3 rings (SSSR count). The minimum Gasteiger partial charge on any atom is -0.317 e. The summed E-state index contributed by atoms with van der Waals surface area (Å²) in [6.45, 7) is 7.50. The van der Waals surface area contributed by atoms with Crippen LogP contribution in [0, 0.1) is 0 Å². The van der Waals surface area contributed by atoms with Gasteiger partial charge in [0.2, 0.25) is 0 Å². The molecule has 3 heterocycles. The molecule has 3 saturated heterocycles. The van der Waals surface area contributed by atoms with Crippen LogP contribution in [-0.4, -0.2) is 39.3 Å². The number of hydrogen-bond acceptors (Lipinski definition) is 3. The Morgan fingerprint density at radius 2 is 0.562 bits per heavy atom. The first-order valence-corrected chi connectivity index (χ1v) is 6.62. The molecular formula is C12H31N3P+. The van der Waals surface area contributed by atoms with Gasteiger partial charge in [-0.05, 0) is 87.7 Å². The zero-order valence-electron chi connectivity index (χ0n) is 11.0. The van der Waals surface area contributed by atoms with Crippen molar-refractivity contribution in [2.75, 3.05) is 39.3 Å². The molecule has 0 saturated carbocycles. The van der Waals surface area contributed by atoms with E-state index in [0.717, 1.165) is 0 Å². The third-order valence-corrected chi connectivity index (χ3v) is 2.87. The van der Waals surface area contributed by atoms with Gasteiger partial charge in [-0.25, -0.2) is 0 Å². The minimum absolute atomic E-state index is 0. The number of hydrogen-bond donors (Lipinski definition) is 3. The standard InChI is InChI=1S/3C4H9N.H3P/c3*1-2-4-5-3-1;/h3*5H,1-4H2;1H3/p+1. The smallest absolute Gasteiger partial charge is 0.00484 e. The van der Waals surface area contributed by atoms with E-state index in [1.807, 2.05) is 0 Å². The van der Waals surface area contributed by atoms with Gasteiger partial charge in [0.1, 0.15) is 0 Å². The van der Waals surface area contributed by atoms with Crippen molar-refractivity contribution in [3.05, 3.63) is 0 Å². The molecule has 1 atom stereocenters. The van der Waals surface area contributed by atoms with Crippen LogP contribution in [-0.2, 0) is 0 Å². The first-order chi connectivity index (χ1) is 7.50. The molecule has 0 aliphatic carbocycles. The van der Waals surface area contributed by atoms with Crippen LogP contribution in [0.3, 0.4) is 0 Å². The Bertz CT molecular complexity index is 74.8. The van der Waals surface area contributed by atoms with E-state index in [-0.39, 0.29) is 9.90 Å². The van der Waals surface area contributed by atoms with Crippen molar-refractivity contribution in [3.8, 4) is 0 Å². The molecule has 3 aliphatic rings. The SMILES string of the molecule is C1CCNC1.C1CCNC1.C1CCNC1.[PH4+]. The molecule has 3 N–H and O–H groups in total. The maximum atomic E-state index is 3.22. The average Bonchev–Trinajstić information content (AvgIpc) is 3.09. The monoisotopic (exact) mass is 248 g/mol. The first kappa shape index (κ1) is 16.3. The molecule has 0 spiro atoms. The summed E-state index contributed by atoms with van der Waals surface area (Å²) in [5, 5.41) is 9.67. The van der Waals surface area contributed by atoms with Crippen LogP contribution in [0.5, 0.6) is 0 Å². The molecule has 0 aromatic heterocycles. The van der Waals surface area contributed by atoms with Gasteiger partial charge >= 0.3 is 0 Å². The second-order valence-corrected chi connectivity index (χ2v) is 4.37. The Kier molecular flexibility index (Phi) is 13.6. The van der Waals surface area contributed by atoms with Gasteiger partial charge < -0.3 is 16.0 Å². The molecular weight excluding hydrogens is 217 g/mol. The van der Waals surface area contributed by atoms with Crippen molar-refractivity contribution in [2.24, 2.45) is 0 Å². The van der Waals surface area contributed by atoms with Crippen molar-refractivity contribution in [1.29, 1.82) is 0 Å². The lowest BCUT2D eigenvalue weighted by Gasteiger charge is -1.76. The Labute approximate surface area is 104 Å². The van der Waals surface area contributed by atoms with Crippen molar-refractivity contribution in [3.63, 3.8) is 0 Å². The molecule has 3 nitrogen and oxygen atoms in total. The molecule has 0 radical (unpaired) electrons. The predicted octanol–water partition coefficient (Wildman–Crippen LogP) is 0.900. The van der Waals surface area contributed by atoms with Crippen molar-refractivity contribution in [1.82, 2.24) is 16.0 Å². The molecule has 0 aromatic rings. The van der Waals surface area contributed by atoms with Crippen LogP contribution in [0.25, 0.3) is 0 Å². The van der Waals surface area contributed by atoms with E-state index in [9.17, 15) is 0 Å². The van der Waals surface area contributed by atoms with Crippen molar-refractivity contribution < 1.29 is 0 Å². The summed E-state index contributed by atoms with van der Waals surface area (Å²) < 4.78 is 0. The quantitative estimate of drug-likeness (QED) is 0.558. The van der Waals surface area contributed by atoms with Gasteiger partial charge in [-0.15, -0.1) is 0 Å². The summed E-state index contributed by atoms with van der Waals surface area (Å²) in [6.07, 6.45) is 8.33. The fourth-order valence-corrected chi connectivity index (χ4v) is 1.87. The summed E-state index contributed by atoms with van der Waals surface area (Å²) in [7, 11) is 0. The third-order valence-electron chi connectivity index (χ3n) is 2.87. The molecule has 0 amide bonds. The van der Waals surface area contributed by atoms with E-state index in [4.69, 9.17) is 0 Å². The summed E-state index contributed by atoms with van der Waals surface area (Å²) in [6, 6.07) is 0. The van der Waals surface area contributed by atoms with E-state index in [0.29, 0.717) is 0 Å². The van der Waals surface area contributed by atoms with Gasteiger partial charge in [-0.2, -0.15) is 0 Å². The van der Waals surface area contributed by atoms with Gasteiger partial charge in [0, 0.05) is 0 Å². The van der Waals surface area contributed by atoms with Crippen LogP contribution in [0.2, 0.25) is 0 Å². The highest BCUT2D eigenvalue weighted by molar-refractivity contribution is 6.92. The molecule has 98 valence electrons. The fraction of sp³-hybridized carbons (Fsp3) is 1.00. The van der Waals surface area contributed by atoms with Crippen molar-refractivity contribution >= 4 is 9.90 Å². The van der Waals surface area contributed by atoms with Crippen LogP contribution in [0.15, 0.2) is 0 Å². The number of nitrogens with one attached hydrogen (secondary N) is 3. The number of rotatable bonds is 0. The van der Waals surface area contributed by atoms with Gasteiger partial charge in [0.05, 0.1) is 0 Å². The van der Waals surface area contributed by atoms with E-state index >= 15 is 0 Å². The predicted molar refractivity (Wildman–Crippen MR) is 78.8 cm³/mol. The summed E-state index contributed by atoms with van der Waals surface area (Å²) in [5.74, 6) is 0. The van der Waals surface area contributed by atoms with Crippen LogP contribution in [0.1, 0.15) is 38.5 Å². The summed E-state index contributed by atoms with van der Waals surface area (Å²) >= 11 is 0. The highest BCUT2D eigenvalue weighted by atomic mass is 31.0. The maximum Gasteiger partial charge on any atom is -0.00484 e. The largest absolute Gasteiger partial charge is 0.317 e. The van der Waals surface area contributed by atoms with E-state index in [1.54, 1.807) is 0 Å². The van der Waals surface area contributed by atoms with Crippen LogP contribution < -0.4 is 16.0 Å². The minimum atomic E-state index is 0. The van der Waals surface area contributed by atoms with E-state index in [1.165, 1.54) is 77.8 Å². The zero-order chi connectivity index (χ0) is 10.6. The zero-order valence-corrected chi connectivity index (χ0v) is 13.0. The average molecular weight is 248 g/mol.